The van der Waals surface area contributed by atoms with E-state index in [4.69, 9.17) is 10.2 Å². The van der Waals surface area contributed by atoms with Crippen LogP contribution in [0.4, 0.5) is 0 Å². The summed E-state index contributed by atoms with van der Waals surface area (Å²) in [4.78, 5) is 10.7. The van der Waals surface area contributed by atoms with Crippen molar-refractivity contribution in [3.8, 4) is 0 Å². The van der Waals surface area contributed by atoms with Gasteiger partial charge in [-0.1, -0.05) is 33.6 Å². The summed E-state index contributed by atoms with van der Waals surface area (Å²) in [5.41, 5.74) is 0.555. The van der Waals surface area contributed by atoms with E-state index in [2.05, 4.69) is 19.2 Å². The number of unbranched alkanes of at least 4 members (excludes halogenated alkanes) is 2. The third-order valence-corrected chi connectivity index (χ3v) is 4.34. The molecule has 0 fully saturated rings. The first-order valence-corrected chi connectivity index (χ1v) is 9.92. The van der Waals surface area contributed by atoms with E-state index in [9.17, 15) is 13.2 Å². The van der Waals surface area contributed by atoms with E-state index in [1.165, 1.54) is 57.0 Å². The van der Waals surface area contributed by atoms with Gasteiger partial charge in [-0.3, -0.25) is 0 Å². The molecule has 6 nitrogen and oxygen atoms in total. The third-order valence-electron chi connectivity index (χ3n) is 3.43. The number of nitrogens with two attached hydrogens (primary N) is 1. The van der Waals surface area contributed by atoms with Crippen LogP contribution in [0.1, 0.15) is 62.4 Å². The number of carboxylic acids is 1. The monoisotopic (exact) mass is 358 g/mol. The molecule has 0 unspecified atom stereocenters. The highest BCUT2D eigenvalue weighted by atomic mass is 32.2. The molecule has 0 aromatic heterocycles. The maximum atomic E-state index is 11.0. The molecular formula is C17H30N2O4S. The van der Waals surface area contributed by atoms with E-state index in [-0.39, 0.29) is 10.5 Å². The molecule has 1 rings (SSSR count). The molecule has 7 heteroatoms. The zero-order valence-electron chi connectivity index (χ0n) is 14.8. The molecule has 0 amide bonds. The Bertz CT molecular complexity index is 595. The fourth-order valence-corrected chi connectivity index (χ4v) is 2.54. The normalized spacial score (nSPS) is 10.8. The number of aromatic carboxylic acids is 1. The summed E-state index contributed by atoms with van der Waals surface area (Å²) < 4.78 is 22.0. The van der Waals surface area contributed by atoms with Crippen molar-refractivity contribution in [2.45, 2.75) is 57.8 Å². The minimum atomic E-state index is -3.77. The first-order valence-electron chi connectivity index (χ1n) is 8.37. The lowest BCUT2D eigenvalue weighted by atomic mass is 10.1. The van der Waals surface area contributed by atoms with E-state index in [0.717, 1.165) is 0 Å². The van der Waals surface area contributed by atoms with Crippen LogP contribution in [0, 0.1) is 0 Å². The molecule has 0 saturated carbocycles. The molecule has 4 N–H and O–H groups in total. The summed E-state index contributed by atoms with van der Waals surface area (Å²) in [5, 5.41) is 17.1. The zero-order valence-corrected chi connectivity index (χ0v) is 15.7. The van der Waals surface area contributed by atoms with Crippen LogP contribution in [-0.2, 0) is 16.4 Å². The largest absolute Gasteiger partial charge is 0.478 e. The average molecular weight is 359 g/mol. The maximum absolute atomic E-state index is 11.0. The highest BCUT2D eigenvalue weighted by Gasteiger charge is 2.13. The summed E-state index contributed by atoms with van der Waals surface area (Å²) in [6.45, 7) is 8.60. The van der Waals surface area contributed by atoms with Crippen LogP contribution in [0.3, 0.4) is 0 Å². The quantitative estimate of drug-likeness (QED) is 0.588. The lowest BCUT2D eigenvalue weighted by Gasteiger charge is -2.05. The van der Waals surface area contributed by atoms with Gasteiger partial charge in [0.25, 0.3) is 0 Å². The Morgan fingerprint density at radius 2 is 1.67 bits per heavy atom. The van der Waals surface area contributed by atoms with Gasteiger partial charge in [-0.05, 0) is 56.1 Å². The van der Waals surface area contributed by atoms with Gasteiger partial charge < -0.3 is 10.4 Å². The molecule has 0 saturated heterocycles. The Labute approximate surface area is 145 Å². The number of hydrogen-bond acceptors (Lipinski definition) is 4. The predicted molar refractivity (Wildman–Crippen MR) is 96.8 cm³/mol. The highest BCUT2D eigenvalue weighted by Crippen LogP contribution is 2.15. The van der Waals surface area contributed by atoms with Gasteiger partial charge in [-0.15, -0.1) is 0 Å². The van der Waals surface area contributed by atoms with Crippen molar-refractivity contribution >= 4 is 16.0 Å². The van der Waals surface area contributed by atoms with Crippen molar-refractivity contribution in [2.24, 2.45) is 5.14 Å². The van der Waals surface area contributed by atoms with Gasteiger partial charge in [-0.25, -0.2) is 18.4 Å². The number of carbonyl (C=O) groups is 1. The first kappa shape index (κ1) is 22.6. The van der Waals surface area contributed by atoms with Crippen LogP contribution in [0.5, 0.6) is 0 Å². The van der Waals surface area contributed by atoms with Crippen molar-refractivity contribution in [3.63, 3.8) is 0 Å². The van der Waals surface area contributed by atoms with E-state index >= 15 is 0 Å². The molecule has 0 atom stereocenters. The standard InChI is InChI=1S/C9H11NO4S.C8H19N/c1-2-6-5-7(15(10,13)14)3-4-8(6)9(11)12;1-3-5-7-9-8-6-4-2/h3-5H,2H2,1H3,(H,11,12)(H2,10,13,14);9H,3-8H2,1-2H3. The van der Waals surface area contributed by atoms with Gasteiger partial charge >= 0.3 is 5.97 Å². The Morgan fingerprint density at radius 1 is 1.12 bits per heavy atom. The number of carboxylic acid groups (broad SMARTS) is 1. The second-order valence-corrected chi connectivity index (χ2v) is 7.04. The van der Waals surface area contributed by atoms with E-state index in [1.807, 2.05) is 0 Å². The van der Waals surface area contributed by atoms with Gasteiger partial charge in [0.05, 0.1) is 10.5 Å². The Balaban J connectivity index is 0.000000506. The second kappa shape index (κ2) is 12.0. The highest BCUT2D eigenvalue weighted by molar-refractivity contribution is 7.89. The Kier molecular flexibility index (Phi) is 11.3. The molecule has 138 valence electrons. The molecule has 24 heavy (non-hydrogen) atoms. The van der Waals surface area contributed by atoms with E-state index in [1.54, 1.807) is 6.92 Å². The van der Waals surface area contributed by atoms with Crippen molar-refractivity contribution in [1.82, 2.24) is 5.32 Å². The van der Waals surface area contributed by atoms with Gasteiger partial charge in [0.15, 0.2) is 0 Å². The molecular weight excluding hydrogens is 328 g/mol. The minimum absolute atomic E-state index is 0.0654. The van der Waals surface area contributed by atoms with Crippen LogP contribution >= 0.6 is 0 Å². The molecule has 1 aromatic carbocycles. The topological polar surface area (TPSA) is 109 Å². The molecule has 0 bridgehead atoms. The van der Waals surface area contributed by atoms with E-state index in [0.29, 0.717) is 12.0 Å². The Morgan fingerprint density at radius 3 is 2.04 bits per heavy atom. The number of primary sulfonamides is 1. The predicted octanol–water partition coefficient (Wildman–Crippen LogP) is 2.77. The fraction of sp³-hybridized carbons (Fsp3) is 0.588. The van der Waals surface area contributed by atoms with Crippen LogP contribution in [0.15, 0.2) is 23.1 Å². The SMILES string of the molecule is CCCCNCCCC.CCc1cc(S(N)(=O)=O)ccc1C(=O)O. The van der Waals surface area contributed by atoms with Crippen LogP contribution in [0.25, 0.3) is 0 Å². The number of rotatable bonds is 9. The fourth-order valence-electron chi connectivity index (χ4n) is 1.98. The summed E-state index contributed by atoms with van der Waals surface area (Å²) in [6.07, 6.45) is 5.69. The molecule has 0 aliphatic carbocycles. The molecule has 0 aliphatic rings. The van der Waals surface area contributed by atoms with Crippen molar-refractivity contribution in [3.05, 3.63) is 29.3 Å². The molecule has 0 heterocycles. The van der Waals surface area contributed by atoms with Crippen LogP contribution < -0.4 is 10.5 Å². The van der Waals surface area contributed by atoms with Gasteiger partial charge in [0, 0.05) is 0 Å². The molecule has 0 spiro atoms. The number of sulfonamides is 1. The van der Waals surface area contributed by atoms with Crippen molar-refractivity contribution in [1.29, 1.82) is 0 Å². The number of hydrogen-bond donors (Lipinski definition) is 3. The summed E-state index contributed by atoms with van der Waals surface area (Å²) in [6, 6.07) is 3.73. The second-order valence-electron chi connectivity index (χ2n) is 5.48. The number of aryl methyl sites for hydroxylation is 1. The van der Waals surface area contributed by atoms with Gasteiger partial charge in [0.2, 0.25) is 10.0 Å². The first-order chi connectivity index (χ1) is 11.3. The smallest absolute Gasteiger partial charge is 0.335 e. The average Bonchev–Trinajstić information content (AvgIpc) is 2.54. The van der Waals surface area contributed by atoms with Gasteiger partial charge in [-0.2, -0.15) is 0 Å². The summed E-state index contributed by atoms with van der Waals surface area (Å²) >= 11 is 0. The lowest BCUT2D eigenvalue weighted by Crippen LogP contribution is -2.15. The van der Waals surface area contributed by atoms with Crippen LogP contribution in [0.2, 0.25) is 0 Å². The summed E-state index contributed by atoms with van der Waals surface area (Å²) in [7, 11) is -3.77. The maximum Gasteiger partial charge on any atom is 0.335 e. The van der Waals surface area contributed by atoms with E-state index < -0.39 is 16.0 Å². The summed E-state index contributed by atoms with van der Waals surface area (Å²) in [5.74, 6) is -1.08. The van der Waals surface area contributed by atoms with Crippen LogP contribution in [-0.4, -0.2) is 32.6 Å². The van der Waals surface area contributed by atoms with Crippen molar-refractivity contribution < 1.29 is 18.3 Å². The number of benzene rings is 1. The minimum Gasteiger partial charge on any atom is -0.478 e. The molecule has 0 radical (unpaired) electrons. The van der Waals surface area contributed by atoms with Gasteiger partial charge in [0.1, 0.15) is 0 Å². The molecule has 0 aliphatic heterocycles. The van der Waals surface area contributed by atoms with Crippen molar-refractivity contribution in [2.75, 3.05) is 13.1 Å². The zero-order chi connectivity index (χ0) is 18.6. The third kappa shape index (κ3) is 9.00. The Hall–Kier alpha value is -1.44. The molecule has 1 aromatic rings. The number of nitrogens with one attached hydrogen (secondary N) is 1. The lowest BCUT2D eigenvalue weighted by molar-refractivity contribution is 0.0695.